The lowest BCUT2D eigenvalue weighted by Gasteiger charge is -2.44. The van der Waals surface area contributed by atoms with E-state index in [0.29, 0.717) is 25.8 Å². The van der Waals surface area contributed by atoms with Gasteiger partial charge in [0, 0.05) is 5.92 Å². The summed E-state index contributed by atoms with van der Waals surface area (Å²) in [5.74, 6) is -4.95. The minimum absolute atomic E-state index is 0.218. The second-order valence-electron chi connectivity index (χ2n) is 14.0. The maximum atomic E-state index is 12.0. The average molecular weight is 652 g/mol. The summed E-state index contributed by atoms with van der Waals surface area (Å²) in [6.07, 6.45) is 31.2. The summed E-state index contributed by atoms with van der Waals surface area (Å²) in [7, 11) is 0. The van der Waals surface area contributed by atoms with Crippen LogP contribution in [0.15, 0.2) is 12.2 Å². The Balaban J connectivity index is 4.45. The fraction of sp³-hybridized carbons (Fsp3) is 0.872. The lowest BCUT2D eigenvalue weighted by Crippen LogP contribution is -2.59. The van der Waals surface area contributed by atoms with Crippen LogP contribution in [0.3, 0.4) is 0 Å². The van der Waals surface area contributed by atoms with Gasteiger partial charge in [-0.15, -0.1) is 0 Å². The molecule has 0 aliphatic carbocycles. The Bertz CT molecular complexity index is 738. The average Bonchev–Trinajstić information content (AvgIpc) is 3.03. The van der Waals surface area contributed by atoms with Crippen molar-refractivity contribution < 1.29 is 34.2 Å². The van der Waals surface area contributed by atoms with Gasteiger partial charge in [-0.2, -0.15) is 0 Å². The number of hydrogen-bond acceptors (Lipinski definition) is 4. The molecule has 270 valence electrons. The fourth-order valence-corrected chi connectivity index (χ4v) is 6.79. The molecule has 0 saturated heterocycles. The Morgan fingerprint density at radius 1 is 0.522 bits per heavy atom. The zero-order valence-corrected chi connectivity index (χ0v) is 30.5. The molecule has 0 radical (unpaired) electrons. The van der Waals surface area contributed by atoms with E-state index in [4.69, 9.17) is 0 Å². The summed E-state index contributed by atoms with van der Waals surface area (Å²) in [6, 6.07) is 0. The first-order valence-electron chi connectivity index (χ1n) is 19.3. The maximum Gasteiger partial charge on any atom is 0.312 e. The molecule has 46 heavy (non-hydrogen) atoms. The zero-order valence-electron chi connectivity index (χ0n) is 30.5. The van der Waals surface area contributed by atoms with Crippen molar-refractivity contribution >= 4 is 17.9 Å². The van der Waals surface area contributed by atoms with Crippen molar-refractivity contribution in [2.75, 3.05) is 26.2 Å². The number of carboxylic acid groups (broad SMARTS) is 3. The molecule has 0 spiro atoms. The van der Waals surface area contributed by atoms with Crippen LogP contribution in [-0.4, -0.2) is 58.8 Å². The van der Waals surface area contributed by atoms with Gasteiger partial charge in [-0.3, -0.25) is 9.59 Å². The van der Waals surface area contributed by atoms with E-state index >= 15 is 0 Å². The lowest BCUT2D eigenvalue weighted by molar-refractivity contribution is -0.935. The standard InChI is InChI=1S/C39H73NO6/c1-5-9-10-11-12-13-14-15-16-17-18-19-20-21-22-23-24-25-26-27-28-29-30-40(31-34(6-2)37(41)42,32-35(7-3)38(43)44)33-36(8-4)39(45)46/h18-19,34-36H,5-17,20-33H2,1-4H3,(H2-,41,42,43,44,45,46)/b19-18+. The van der Waals surface area contributed by atoms with Crippen LogP contribution in [-0.2, 0) is 14.4 Å². The Morgan fingerprint density at radius 3 is 1.17 bits per heavy atom. The lowest BCUT2D eigenvalue weighted by atomic mass is 9.95. The number of carboxylic acids is 3. The molecule has 0 fully saturated rings. The molecule has 0 amide bonds. The second-order valence-corrected chi connectivity index (χ2v) is 14.0. The summed E-state index contributed by atoms with van der Waals surface area (Å²) in [5, 5.41) is 31.6. The molecule has 0 heterocycles. The molecule has 7 nitrogen and oxygen atoms in total. The molecule has 0 aromatic heterocycles. The highest BCUT2D eigenvalue weighted by molar-refractivity contribution is 5.70. The first kappa shape index (κ1) is 44.1. The van der Waals surface area contributed by atoms with Crippen LogP contribution in [0.5, 0.6) is 0 Å². The Kier molecular flexibility index (Phi) is 28.1. The van der Waals surface area contributed by atoms with Crippen LogP contribution in [0.4, 0.5) is 0 Å². The van der Waals surface area contributed by atoms with Crippen LogP contribution >= 0.6 is 0 Å². The van der Waals surface area contributed by atoms with Gasteiger partial charge >= 0.3 is 11.9 Å². The minimum atomic E-state index is -1.14. The molecule has 3 unspecified atom stereocenters. The predicted octanol–water partition coefficient (Wildman–Crippen LogP) is 9.18. The number of aliphatic carboxylic acids is 3. The van der Waals surface area contributed by atoms with Gasteiger partial charge in [-0.05, 0) is 57.8 Å². The van der Waals surface area contributed by atoms with Crippen LogP contribution < -0.4 is 5.11 Å². The Hall–Kier alpha value is -1.89. The molecule has 0 bridgehead atoms. The van der Waals surface area contributed by atoms with Crippen molar-refractivity contribution in [3.63, 3.8) is 0 Å². The van der Waals surface area contributed by atoms with Gasteiger partial charge in [0.05, 0.1) is 32.1 Å². The number of carbonyl (C=O) groups excluding carboxylic acids is 1. The summed E-state index contributed by atoms with van der Waals surface area (Å²) in [4.78, 5) is 35.9. The normalized spacial score (nSPS) is 15.0. The molecular weight excluding hydrogens is 578 g/mol. The van der Waals surface area contributed by atoms with E-state index < -0.39 is 35.7 Å². The number of nitrogens with zero attached hydrogens (tertiary/aromatic N) is 1. The first-order valence-corrected chi connectivity index (χ1v) is 19.3. The van der Waals surface area contributed by atoms with Crippen molar-refractivity contribution in [2.24, 2.45) is 17.8 Å². The summed E-state index contributed by atoms with van der Waals surface area (Å²) < 4.78 is 0.218. The molecule has 2 N–H and O–H groups in total. The van der Waals surface area contributed by atoms with Gasteiger partial charge in [-0.1, -0.05) is 130 Å². The van der Waals surface area contributed by atoms with Crippen molar-refractivity contribution in [2.45, 2.75) is 175 Å². The van der Waals surface area contributed by atoms with Gasteiger partial charge in [0.15, 0.2) is 0 Å². The topological polar surface area (TPSA) is 115 Å². The molecule has 0 saturated carbocycles. The number of carbonyl (C=O) groups is 3. The Morgan fingerprint density at radius 2 is 0.848 bits per heavy atom. The SMILES string of the molecule is CCCCCCCCCCC/C=C/CCCCCCCCCCC[N+](CC(CC)C(=O)[O-])(CC(CC)C(=O)O)CC(CC)C(=O)O. The van der Waals surface area contributed by atoms with E-state index in [1.807, 2.05) is 13.8 Å². The second kappa shape index (κ2) is 29.3. The number of allylic oxidation sites excluding steroid dienone is 2. The molecule has 0 aromatic carbocycles. The highest BCUT2D eigenvalue weighted by atomic mass is 16.4. The van der Waals surface area contributed by atoms with Gasteiger partial charge < -0.3 is 24.6 Å². The third-order valence-electron chi connectivity index (χ3n) is 9.98. The number of quaternary nitrogens is 1. The molecule has 0 rings (SSSR count). The highest BCUT2D eigenvalue weighted by Crippen LogP contribution is 2.25. The van der Waals surface area contributed by atoms with Crippen LogP contribution in [0.2, 0.25) is 0 Å². The van der Waals surface area contributed by atoms with Crippen LogP contribution in [0.25, 0.3) is 0 Å². The summed E-state index contributed by atoms with van der Waals surface area (Å²) in [5.41, 5.74) is 0. The van der Waals surface area contributed by atoms with Gasteiger partial charge in [0.2, 0.25) is 0 Å². The maximum absolute atomic E-state index is 12.0. The van der Waals surface area contributed by atoms with E-state index in [1.54, 1.807) is 6.92 Å². The highest BCUT2D eigenvalue weighted by Gasteiger charge is 2.39. The molecule has 7 heteroatoms. The van der Waals surface area contributed by atoms with Crippen molar-refractivity contribution in [3.8, 4) is 0 Å². The van der Waals surface area contributed by atoms with Gasteiger partial charge in [0.1, 0.15) is 11.8 Å². The first-order chi connectivity index (χ1) is 22.2. The smallest absolute Gasteiger partial charge is 0.312 e. The van der Waals surface area contributed by atoms with E-state index in [2.05, 4.69) is 19.1 Å². The van der Waals surface area contributed by atoms with E-state index in [-0.39, 0.29) is 24.1 Å². The number of rotatable bonds is 34. The van der Waals surface area contributed by atoms with E-state index in [0.717, 1.165) is 25.7 Å². The molecular formula is C39H73NO6. The Labute approximate surface area is 283 Å². The van der Waals surface area contributed by atoms with Crippen molar-refractivity contribution in [1.29, 1.82) is 0 Å². The fourth-order valence-electron chi connectivity index (χ4n) is 6.79. The van der Waals surface area contributed by atoms with Crippen LogP contribution in [0, 0.1) is 17.8 Å². The van der Waals surface area contributed by atoms with E-state index in [1.165, 1.54) is 103 Å². The summed E-state index contributed by atoms with van der Waals surface area (Å²) >= 11 is 0. The monoisotopic (exact) mass is 652 g/mol. The number of unbranched alkanes of at least 4 members (excludes halogenated alkanes) is 18. The third-order valence-corrected chi connectivity index (χ3v) is 9.98. The molecule has 0 aliphatic heterocycles. The third kappa shape index (κ3) is 22.6. The molecule has 0 aliphatic rings. The minimum Gasteiger partial charge on any atom is -0.550 e. The quantitative estimate of drug-likeness (QED) is 0.0407. The largest absolute Gasteiger partial charge is 0.550 e. The summed E-state index contributed by atoms with van der Waals surface area (Å²) in [6.45, 7) is 9.07. The molecule has 0 aromatic rings. The molecule has 3 atom stereocenters. The van der Waals surface area contributed by atoms with Gasteiger partial charge in [-0.25, -0.2) is 0 Å². The van der Waals surface area contributed by atoms with Crippen molar-refractivity contribution in [1.82, 2.24) is 0 Å². The van der Waals surface area contributed by atoms with Crippen LogP contribution in [0.1, 0.15) is 175 Å². The zero-order chi connectivity index (χ0) is 34.5. The van der Waals surface area contributed by atoms with Crippen molar-refractivity contribution in [3.05, 3.63) is 12.2 Å². The van der Waals surface area contributed by atoms with E-state index in [9.17, 15) is 29.7 Å². The van der Waals surface area contributed by atoms with Gasteiger partial charge in [0.25, 0.3) is 0 Å². The number of hydrogen-bond donors (Lipinski definition) is 2. The predicted molar refractivity (Wildman–Crippen MR) is 189 cm³/mol.